The molecule has 0 heterocycles. The fourth-order valence-electron chi connectivity index (χ4n) is 1.27. The summed E-state index contributed by atoms with van der Waals surface area (Å²) in [7, 11) is 2.01. The molecule has 0 saturated carbocycles. The minimum Gasteiger partial charge on any atom is -0.480 e. The Morgan fingerprint density at radius 2 is 1.87 bits per heavy atom. The summed E-state index contributed by atoms with van der Waals surface area (Å²) < 4.78 is 0. The highest BCUT2D eigenvalue weighted by Gasteiger charge is 2.18. The first-order valence-electron chi connectivity index (χ1n) is 5.53. The van der Waals surface area contributed by atoms with Gasteiger partial charge in [0.15, 0.2) is 0 Å². The second kappa shape index (κ2) is 6.80. The topological polar surface area (TPSA) is 52.6 Å². The predicted octanol–water partition coefficient (Wildman–Crippen LogP) is 1.17. The molecular weight excluding hydrogens is 192 g/mol. The van der Waals surface area contributed by atoms with E-state index in [-0.39, 0.29) is 6.04 Å². The Hall–Kier alpha value is -0.610. The van der Waals surface area contributed by atoms with Gasteiger partial charge in [-0.3, -0.25) is 4.79 Å². The van der Waals surface area contributed by atoms with Crippen molar-refractivity contribution in [1.29, 1.82) is 0 Å². The van der Waals surface area contributed by atoms with E-state index < -0.39 is 12.0 Å². The van der Waals surface area contributed by atoms with E-state index in [1.807, 2.05) is 20.9 Å². The second-order valence-corrected chi connectivity index (χ2v) is 4.58. The average molecular weight is 216 g/mol. The van der Waals surface area contributed by atoms with Crippen molar-refractivity contribution < 1.29 is 9.90 Å². The van der Waals surface area contributed by atoms with E-state index in [0.29, 0.717) is 12.5 Å². The Balaban J connectivity index is 4.02. The van der Waals surface area contributed by atoms with Gasteiger partial charge < -0.3 is 15.3 Å². The lowest BCUT2D eigenvalue weighted by Crippen LogP contribution is -2.43. The predicted molar refractivity (Wildman–Crippen MR) is 62.1 cm³/mol. The van der Waals surface area contributed by atoms with Gasteiger partial charge in [-0.15, -0.1) is 0 Å². The molecule has 0 saturated heterocycles. The quantitative estimate of drug-likeness (QED) is 0.670. The van der Waals surface area contributed by atoms with Gasteiger partial charge in [0.1, 0.15) is 6.04 Å². The van der Waals surface area contributed by atoms with Crippen LogP contribution in [0.4, 0.5) is 0 Å². The smallest absolute Gasteiger partial charge is 0.320 e. The van der Waals surface area contributed by atoms with Gasteiger partial charge >= 0.3 is 5.97 Å². The molecule has 0 aromatic carbocycles. The first-order valence-corrected chi connectivity index (χ1v) is 5.53. The van der Waals surface area contributed by atoms with Crippen molar-refractivity contribution in [2.75, 3.05) is 13.6 Å². The molecule has 0 bridgehead atoms. The molecule has 0 rings (SSSR count). The molecule has 2 N–H and O–H groups in total. The minimum atomic E-state index is -0.763. The van der Waals surface area contributed by atoms with Crippen LogP contribution < -0.4 is 5.32 Å². The Bertz CT molecular complexity index is 193. The molecule has 0 fully saturated rings. The van der Waals surface area contributed by atoms with Crippen LogP contribution in [-0.4, -0.2) is 47.7 Å². The number of rotatable bonds is 7. The van der Waals surface area contributed by atoms with Crippen LogP contribution >= 0.6 is 0 Å². The van der Waals surface area contributed by atoms with Crippen molar-refractivity contribution in [2.24, 2.45) is 0 Å². The third-order valence-electron chi connectivity index (χ3n) is 2.48. The summed E-state index contributed by atoms with van der Waals surface area (Å²) in [6.45, 7) is 8.93. The minimum absolute atomic E-state index is 0.204. The molecule has 1 unspecified atom stereocenters. The second-order valence-electron chi connectivity index (χ2n) is 4.58. The summed E-state index contributed by atoms with van der Waals surface area (Å²) >= 11 is 0. The van der Waals surface area contributed by atoms with E-state index in [2.05, 4.69) is 24.1 Å². The third kappa shape index (κ3) is 6.47. The van der Waals surface area contributed by atoms with Gasteiger partial charge in [0.05, 0.1) is 0 Å². The number of aliphatic carboxylic acids is 1. The number of carboxylic acid groups (broad SMARTS) is 1. The Morgan fingerprint density at radius 3 is 2.20 bits per heavy atom. The summed E-state index contributed by atoms with van der Waals surface area (Å²) in [5.74, 6) is -0.763. The molecule has 1 atom stereocenters. The molecule has 0 aliphatic rings. The highest BCUT2D eigenvalue weighted by molar-refractivity contribution is 5.73. The van der Waals surface area contributed by atoms with E-state index in [9.17, 15) is 4.79 Å². The number of nitrogens with zero attached hydrogens (tertiary/aromatic N) is 1. The number of carbonyl (C=O) groups is 1. The van der Waals surface area contributed by atoms with Gasteiger partial charge in [-0.2, -0.15) is 0 Å². The van der Waals surface area contributed by atoms with Gasteiger partial charge in [-0.1, -0.05) is 13.8 Å². The highest BCUT2D eigenvalue weighted by Crippen LogP contribution is 2.00. The van der Waals surface area contributed by atoms with Crippen molar-refractivity contribution in [3.8, 4) is 0 Å². The van der Waals surface area contributed by atoms with E-state index in [1.165, 1.54) is 0 Å². The molecule has 90 valence electrons. The Morgan fingerprint density at radius 1 is 1.33 bits per heavy atom. The van der Waals surface area contributed by atoms with Gasteiger partial charge in [-0.25, -0.2) is 0 Å². The highest BCUT2D eigenvalue weighted by atomic mass is 16.4. The molecular formula is C11H24N2O2. The van der Waals surface area contributed by atoms with Crippen molar-refractivity contribution >= 4 is 5.97 Å². The molecule has 0 amide bonds. The van der Waals surface area contributed by atoms with E-state index >= 15 is 0 Å². The fourth-order valence-corrected chi connectivity index (χ4v) is 1.27. The maximum atomic E-state index is 10.9. The standard InChI is InChI=1S/C11H24N2O2/c1-8(2)12-10(11(14)15)6-7-13(5)9(3)4/h8-10,12H,6-7H2,1-5H3,(H,14,15). The molecule has 0 aromatic heterocycles. The molecule has 0 aromatic rings. The van der Waals surface area contributed by atoms with Crippen LogP contribution in [0.15, 0.2) is 0 Å². The van der Waals surface area contributed by atoms with Gasteiger partial charge in [0, 0.05) is 18.6 Å². The summed E-state index contributed by atoms with van der Waals surface area (Å²) in [5, 5.41) is 12.0. The van der Waals surface area contributed by atoms with Crippen molar-refractivity contribution in [3.05, 3.63) is 0 Å². The molecule has 15 heavy (non-hydrogen) atoms. The average Bonchev–Trinajstić information content (AvgIpc) is 2.10. The molecule has 0 radical (unpaired) electrons. The molecule has 0 spiro atoms. The van der Waals surface area contributed by atoms with E-state index in [0.717, 1.165) is 6.54 Å². The zero-order chi connectivity index (χ0) is 12.0. The number of nitrogens with one attached hydrogen (secondary N) is 1. The zero-order valence-electron chi connectivity index (χ0n) is 10.4. The molecule has 0 aliphatic carbocycles. The van der Waals surface area contributed by atoms with Crippen LogP contribution in [0.3, 0.4) is 0 Å². The van der Waals surface area contributed by atoms with Crippen molar-refractivity contribution in [3.63, 3.8) is 0 Å². The van der Waals surface area contributed by atoms with Crippen LogP contribution in [0.1, 0.15) is 34.1 Å². The van der Waals surface area contributed by atoms with E-state index in [4.69, 9.17) is 5.11 Å². The first-order chi connectivity index (χ1) is 6.84. The number of hydrogen-bond donors (Lipinski definition) is 2. The van der Waals surface area contributed by atoms with Crippen molar-refractivity contribution in [2.45, 2.75) is 52.2 Å². The van der Waals surface area contributed by atoms with Crippen LogP contribution in [0.2, 0.25) is 0 Å². The van der Waals surface area contributed by atoms with Crippen molar-refractivity contribution in [1.82, 2.24) is 10.2 Å². The normalized spacial score (nSPS) is 13.9. The Labute approximate surface area is 92.7 Å². The van der Waals surface area contributed by atoms with Crippen LogP contribution in [0.5, 0.6) is 0 Å². The third-order valence-corrected chi connectivity index (χ3v) is 2.48. The lowest BCUT2D eigenvalue weighted by Gasteiger charge is -2.24. The van der Waals surface area contributed by atoms with Gasteiger partial charge in [-0.05, 0) is 27.3 Å². The number of carboxylic acids is 1. The summed E-state index contributed by atoms with van der Waals surface area (Å²) in [5.41, 5.74) is 0. The van der Waals surface area contributed by atoms with Crippen LogP contribution in [0.25, 0.3) is 0 Å². The monoisotopic (exact) mass is 216 g/mol. The lowest BCUT2D eigenvalue weighted by atomic mass is 10.1. The molecule has 4 nitrogen and oxygen atoms in total. The maximum absolute atomic E-state index is 10.9. The zero-order valence-corrected chi connectivity index (χ0v) is 10.4. The molecule has 0 aliphatic heterocycles. The Kier molecular flexibility index (Phi) is 6.52. The number of hydrogen-bond acceptors (Lipinski definition) is 3. The fraction of sp³-hybridized carbons (Fsp3) is 0.909. The maximum Gasteiger partial charge on any atom is 0.320 e. The largest absolute Gasteiger partial charge is 0.480 e. The van der Waals surface area contributed by atoms with E-state index in [1.54, 1.807) is 0 Å². The SMILES string of the molecule is CC(C)NC(CCN(C)C(C)C)C(=O)O. The first kappa shape index (κ1) is 14.4. The van der Waals surface area contributed by atoms with Gasteiger partial charge in [0.25, 0.3) is 0 Å². The van der Waals surface area contributed by atoms with Crippen LogP contribution in [0, 0.1) is 0 Å². The summed E-state index contributed by atoms with van der Waals surface area (Å²) in [4.78, 5) is 13.1. The molecule has 4 heteroatoms. The van der Waals surface area contributed by atoms with Gasteiger partial charge in [0.2, 0.25) is 0 Å². The van der Waals surface area contributed by atoms with Crippen LogP contribution in [-0.2, 0) is 4.79 Å². The lowest BCUT2D eigenvalue weighted by molar-refractivity contribution is -0.140. The summed E-state index contributed by atoms with van der Waals surface area (Å²) in [6.07, 6.45) is 0.641. The summed E-state index contributed by atoms with van der Waals surface area (Å²) in [6, 6.07) is 0.222.